The number of hydrogen-bond donors (Lipinski definition) is 1. The molecular formula is C24H28N2O. The summed E-state index contributed by atoms with van der Waals surface area (Å²) in [5, 5.41) is 1.33. The van der Waals surface area contributed by atoms with Crippen molar-refractivity contribution >= 4 is 16.8 Å². The number of benzene rings is 2. The molecule has 0 aliphatic carbocycles. The summed E-state index contributed by atoms with van der Waals surface area (Å²) < 4.78 is 0. The molecule has 1 aliphatic rings. The van der Waals surface area contributed by atoms with Crippen molar-refractivity contribution in [1.29, 1.82) is 0 Å². The minimum atomic E-state index is 0.167. The molecule has 2 aromatic carbocycles. The first-order valence-corrected chi connectivity index (χ1v) is 9.89. The molecule has 0 unspecified atom stereocenters. The summed E-state index contributed by atoms with van der Waals surface area (Å²) in [5.41, 5.74) is 8.47. The van der Waals surface area contributed by atoms with Gasteiger partial charge in [0.2, 0.25) is 0 Å². The number of rotatable bonds is 2. The first-order valence-electron chi connectivity index (χ1n) is 9.89. The maximum atomic E-state index is 12.9. The van der Waals surface area contributed by atoms with E-state index in [4.69, 9.17) is 0 Å². The lowest BCUT2D eigenvalue weighted by molar-refractivity contribution is 0.0712. The molecule has 1 aromatic heterocycles. The number of amides is 1. The lowest BCUT2D eigenvalue weighted by Crippen LogP contribution is -2.38. The Kier molecular flexibility index (Phi) is 4.55. The number of aryl methyl sites for hydroxylation is 4. The standard InChI is InChI=1S/C24H28N2O/c1-15-5-8-22-21(13-15)18(4)23(25-22)19-9-11-26(12-10-19)24(27)20-7-6-16(2)17(3)14-20/h5-8,13-14,19,25H,9-12H2,1-4H3. The second kappa shape index (κ2) is 6.88. The Morgan fingerprint density at radius 1 is 0.963 bits per heavy atom. The van der Waals surface area contributed by atoms with Gasteiger partial charge in [-0.3, -0.25) is 4.79 Å². The summed E-state index contributed by atoms with van der Waals surface area (Å²) in [4.78, 5) is 18.5. The Labute approximate surface area is 161 Å². The van der Waals surface area contributed by atoms with E-state index in [2.05, 4.69) is 50.9 Å². The fourth-order valence-electron chi connectivity index (χ4n) is 4.30. The molecule has 4 rings (SSSR count). The number of H-pyrrole nitrogens is 1. The Hall–Kier alpha value is -2.55. The Bertz CT molecular complexity index is 1010. The highest BCUT2D eigenvalue weighted by Crippen LogP contribution is 2.34. The Morgan fingerprint density at radius 2 is 1.70 bits per heavy atom. The molecule has 3 heteroatoms. The lowest BCUT2D eigenvalue weighted by Gasteiger charge is -2.32. The molecule has 1 amide bonds. The van der Waals surface area contributed by atoms with E-state index in [1.807, 2.05) is 23.1 Å². The first kappa shape index (κ1) is 17.8. The molecule has 0 spiro atoms. The summed E-state index contributed by atoms with van der Waals surface area (Å²) in [7, 11) is 0. The van der Waals surface area contributed by atoms with Crippen molar-refractivity contribution < 1.29 is 4.79 Å². The van der Waals surface area contributed by atoms with Crippen molar-refractivity contribution in [1.82, 2.24) is 9.88 Å². The van der Waals surface area contributed by atoms with Crippen molar-refractivity contribution in [2.75, 3.05) is 13.1 Å². The molecule has 27 heavy (non-hydrogen) atoms. The van der Waals surface area contributed by atoms with E-state index >= 15 is 0 Å². The number of hydrogen-bond acceptors (Lipinski definition) is 1. The van der Waals surface area contributed by atoms with Crippen LogP contribution in [0.25, 0.3) is 10.9 Å². The van der Waals surface area contributed by atoms with Crippen molar-refractivity contribution in [3.63, 3.8) is 0 Å². The Morgan fingerprint density at radius 3 is 2.41 bits per heavy atom. The van der Waals surface area contributed by atoms with Crippen LogP contribution >= 0.6 is 0 Å². The number of fused-ring (bicyclic) bond motifs is 1. The van der Waals surface area contributed by atoms with E-state index in [9.17, 15) is 4.79 Å². The van der Waals surface area contributed by atoms with E-state index in [-0.39, 0.29) is 5.91 Å². The van der Waals surface area contributed by atoms with Crippen LogP contribution in [0.4, 0.5) is 0 Å². The number of carbonyl (C=O) groups is 1. The highest BCUT2D eigenvalue weighted by atomic mass is 16.2. The van der Waals surface area contributed by atoms with Gasteiger partial charge >= 0.3 is 0 Å². The topological polar surface area (TPSA) is 36.1 Å². The van der Waals surface area contributed by atoms with E-state index in [0.29, 0.717) is 5.92 Å². The average Bonchev–Trinajstić information content (AvgIpc) is 3.00. The second-order valence-corrected chi connectivity index (χ2v) is 8.08. The Balaban J connectivity index is 1.49. The van der Waals surface area contributed by atoms with Crippen LogP contribution in [0, 0.1) is 27.7 Å². The van der Waals surface area contributed by atoms with Crippen LogP contribution in [0.2, 0.25) is 0 Å². The molecule has 0 atom stereocenters. The summed E-state index contributed by atoms with van der Waals surface area (Å²) in [6, 6.07) is 12.6. The average molecular weight is 361 g/mol. The molecule has 0 saturated carbocycles. The summed E-state index contributed by atoms with van der Waals surface area (Å²) in [6.07, 6.45) is 2.03. The second-order valence-electron chi connectivity index (χ2n) is 8.08. The molecule has 140 valence electrons. The maximum Gasteiger partial charge on any atom is 0.253 e. The third-order valence-corrected chi connectivity index (χ3v) is 6.20. The minimum absolute atomic E-state index is 0.167. The highest BCUT2D eigenvalue weighted by Gasteiger charge is 2.27. The number of piperidine rings is 1. The SMILES string of the molecule is Cc1ccc2[nH]c(C3CCN(C(=O)c4ccc(C)c(C)c4)CC3)c(C)c2c1. The summed E-state index contributed by atoms with van der Waals surface area (Å²) >= 11 is 0. The predicted octanol–water partition coefficient (Wildman–Crippen LogP) is 5.42. The summed E-state index contributed by atoms with van der Waals surface area (Å²) in [5.74, 6) is 0.669. The number of aromatic amines is 1. The fourth-order valence-corrected chi connectivity index (χ4v) is 4.30. The van der Waals surface area contributed by atoms with Crippen molar-refractivity contribution in [3.05, 3.63) is 69.9 Å². The van der Waals surface area contributed by atoms with Crippen LogP contribution in [0.15, 0.2) is 36.4 Å². The molecule has 1 aliphatic heterocycles. The highest BCUT2D eigenvalue weighted by molar-refractivity contribution is 5.94. The smallest absolute Gasteiger partial charge is 0.253 e. The van der Waals surface area contributed by atoms with Crippen LogP contribution in [0.3, 0.4) is 0 Å². The van der Waals surface area contributed by atoms with Gasteiger partial charge in [-0.15, -0.1) is 0 Å². The molecule has 2 heterocycles. The molecule has 0 bridgehead atoms. The van der Waals surface area contributed by atoms with Crippen LogP contribution in [0.5, 0.6) is 0 Å². The third kappa shape index (κ3) is 3.27. The number of nitrogens with zero attached hydrogens (tertiary/aromatic N) is 1. The molecule has 1 fully saturated rings. The van der Waals surface area contributed by atoms with Gasteiger partial charge in [-0.2, -0.15) is 0 Å². The molecule has 0 radical (unpaired) electrons. The molecule has 1 saturated heterocycles. The van der Waals surface area contributed by atoms with Gasteiger partial charge in [-0.1, -0.05) is 17.7 Å². The van der Waals surface area contributed by atoms with Gasteiger partial charge in [0.25, 0.3) is 5.91 Å². The van der Waals surface area contributed by atoms with Crippen molar-refractivity contribution in [3.8, 4) is 0 Å². The maximum absolute atomic E-state index is 12.9. The largest absolute Gasteiger partial charge is 0.358 e. The van der Waals surface area contributed by atoms with E-state index in [1.54, 1.807) is 0 Å². The number of aromatic nitrogens is 1. The van der Waals surface area contributed by atoms with Gasteiger partial charge in [0.1, 0.15) is 0 Å². The van der Waals surface area contributed by atoms with Gasteiger partial charge in [-0.25, -0.2) is 0 Å². The molecule has 3 nitrogen and oxygen atoms in total. The van der Waals surface area contributed by atoms with Crippen LogP contribution in [-0.4, -0.2) is 28.9 Å². The van der Waals surface area contributed by atoms with Crippen LogP contribution in [-0.2, 0) is 0 Å². The van der Waals surface area contributed by atoms with Gasteiger partial charge < -0.3 is 9.88 Å². The number of carbonyl (C=O) groups excluding carboxylic acids is 1. The normalized spacial score (nSPS) is 15.5. The molecular weight excluding hydrogens is 332 g/mol. The molecule has 3 aromatic rings. The zero-order valence-corrected chi connectivity index (χ0v) is 16.7. The minimum Gasteiger partial charge on any atom is -0.358 e. The van der Waals surface area contributed by atoms with Crippen LogP contribution in [0.1, 0.15) is 57.1 Å². The van der Waals surface area contributed by atoms with Gasteiger partial charge in [0.05, 0.1) is 0 Å². The van der Waals surface area contributed by atoms with E-state index in [0.717, 1.165) is 31.5 Å². The lowest BCUT2D eigenvalue weighted by atomic mass is 9.90. The monoisotopic (exact) mass is 360 g/mol. The molecule has 1 N–H and O–H groups in total. The fraction of sp³-hybridized carbons (Fsp3) is 0.375. The first-order chi connectivity index (χ1) is 12.9. The van der Waals surface area contributed by atoms with Gasteiger partial charge in [0.15, 0.2) is 0 Å². The van der Waals surface area contributed by atoms with Crippen molar-refractivity contribution in [2.45, 2.75) is 46.5 Å². The van der Waals surface area contributed by atoms with E-state index in [1.165, 1.54) is 38.9 Å². The summed E-state index contributed by atoms with van der Waals surface area (Å²) in [6.45, 7) is 10.2. The third-order valence-electron chi connectivity index (χ3n) is 6.20. The van der Waals surface area contributed by atoms with Gasteiger partial charge in [0, 0.05) is 41.2 Å². The zero-order chi connectivity index (χ0) is 19.1. The number of likely N-dealkylation sites (tertiary alicyclic amines) is 1. The van der Waals surface area contributed by atoms with Crippen LogP contribution < -0.4 is 0 Å². The zero-order valence-electron chi connectivity index (χ0n) is 16.7. The number of nitrogens with one attached hydrogen (secondary N) is 1. The van der Waals surface area contributed by atoms with E-state index < -0.39 is 0 Å². The predicted molar refractivity (Wildman–Crippen MR) is 112 cm³/mol. The van der Waals surface area contributed by atoms with Crippen molar-refractivity contribution in [2.24, 2.45) is 0 Å². The quantitative estimate of drug-likeness (QED) is 0.651. The van der Waals surface area contributed by atoms with Gasteiger partial charge in [-0.05, 0) is 81.5 Å².